The Morgan fingerprint density at radius 3 is 2.21 bits per heavy atom. The lowest BCUT2D eigenvalue weighted by Gasteiger charge is -2.20. The number of hydrogen-bond donors (Lipinski definition) is 0. The fourth-order valence-corrected chi connectivity index (χ4v) is 6.65. The zero-order chi connectivity index (χ0) is 31.7. The molecule has 0 N–H and O–H groups in total. The summed E-state index contributed by atoms with van der Waals surface area (Å²) in [6, 6.07) is 43.8. The van der Waals surface area contributed by atoms with Crippen LogP contribution in [0.2, 0.25) is 0 Å². The van der Waals surface area contributed by atoms with Crippen LogP contribution in [0.25, 0.3) is 60.6 Å². The molecule has 47 heavy (non-hydrogen) atoms. The van der Waals surface area contributed by atoms with Crippen molar-refractivity contribution in [2.75, 3.05) is 0 Å². The molecule has 0 aliphatic heterocycles. The van der Waals surface area contributed by atoms with E-state index >= 15 is 0 Å². The molecule has 0 fully saturated rings. The second-order valence-electron chi connectivity index (χ2n) is 13.0. The van der Waals surface area contributed by atoms with Crippen LogP contribution in [0.15, 0.2) is 134 Å². The van der Waals surface area contributed by atoms with E-state index in [4.69, 9.17) is 14.8 Å². The Morgan fingerprint density at radius 2 is 1.36 bits per heavy atom. The van der Waals surface area contributed by atoms with E-state index in [-0.39, 0.29) is 5.41 Å². The van der Waals surface area contributed by atoms with Crippen molar-refractivity contribution in [1.82, 2.24) is 19.3 Å². The lowest BCUT2D eigenvalue weighted by atomic mass is 9.88. The summed E-state index contributed by atoms with van der Waals surface area (Å²) in [5.41, 5.74) is 6.17. The molecule has 0 bridgehead atoms. The van der Waals surface area contributed by atoms with E-state index in [1.807, 2.05) is 40.9 Å². The number of fused-ring (bicyclic) bond motifs is 9. The van der Waals surface area contributed by atoms with Crippen molar-refractivity contribution < 1.29 is 9.14 Å². The van der Waals surface area contributed by atoms with Gasteiger partial charge in [0, 0.05) is 33.9 Å². The van der Waals surface area contributed by atoms with Crippen molar-refractivity contribution in [1.29, 1.82) is 0 Å². The standard InChI is InChI=1S/C41H31N5O/c1-41(2,3)27-21-22-42-39(23-27)46-37-18-9-7-15-33(37)34-20-19-30(25-38(34)46)47-29-12-10-11-28(24-29)45-26-44-36-17-8-6-14-32(36)31-13-4-5-16-35(31)40(44)43-45/h4-25H,1-3H3. The second-order valence-corrected chi connectivity index (χ2v) is 13.0. The first-order valence-corrected chi connectivity index (χ1v) is 15.8. The molecule has 4 heterocycles. The van der Waals surface area contributed by atoms with Gasteiger partial charge in [0.1, 0.15) is 17.3 Å². The molecular weight excluding hydrogens is 578 g/mol. The van der Waals surface area contributed by atoms with Crippen LogP contribution in [0, 0.1) is 6.33 Å². The van der Waals surface area contributed by atoms with Gasteiger partial charge in [-0.05, 0) is 69.3 Å². The molecule has 226 valence electrons. The number of rotatable bonds is 4. The lowest BCUT2D eigenvalue weighted by molar-refractivity contribution is -0.486. The van der Waals surface area contributed by atoms with Gasteiger partial charge in [0.2, 0.25) is 12.0 Å². The van der Waals surface area contributed by atoms with Crippen LogP contribution in [0.1, 0.15) is 26.3 Å². The summed E-state index contributed by atoms with van der Waals surface area (Å²) in [4.78, 5) is 4.82. The molecule has 6 nitrogen and oxygen atoms in total. The number of ether oxygens (including phenoxy) is 1. The fourth-order valence-electron chi connectivity index (χ4n) is 6.65. The SMILES string of the molecule is CC(C)(C)c1ccnc(-n2c3ccccc3c3ccc(Oc4cccc(-n5[c-][n+]6c7ccccc7c7ccccc7c6n5)c4)cc32)c1. The second kappa shape index (κ2) is 10.3. The normalized spacial score (nSPS) is 12.1. The van der Waals surface area contributed by atoms with Gasteiger partial charge in [0.25, 0.3) is 0 Å². The molecule has 0 radical (unpaired) electrons. The van der Waals surface area contributed by atoms with E-state index in [2.05, 4.69) is 129 Å². The first-order valence-electron chi connectivity index (χ1n) is 15.8. The van der Waals surface area contributed by atoms with Crippen LogP contribution in [-0.4, -0.2) is 19.3 Å². The topological polar surface area (TPSA) is 49.0 Å². The number of benzene rings is 5. The molecule has 6 heteroatoms. The average Bonchev–Trinajstić information content (AvgIpc) is 3.69. The number of aromatic nitrogens is 5. The summed E-state index contributed by atoms with van der Waals surface area (Å²) in [7, 11) is 0. The highest BCUT2D eigenvalue weighted by Crippen LogP contribution is 2.36. The number of nitrogens with zero attached hydrogens (tertiary/aromatic N) is 5. The van der Waals surface area contributed by atoms with Crippen molar-refractivity contribution in [3.05, 3.63) is 145 Å². The maximum atomic E-state index is 6.53. The molecule has 0 saturated heterocycles. The maximum Gasteiger partial charge on any atom is 0.232 e. The Balaban J connectivity index is 1.14. The van der Waals surface area contributed by atoms with E-state index in [9.17, 15) is 0 Å². The summed E-state index contributed by atoms with van der Waals surface area (Å²) in [6.07, 6.45) is 5.38. The van der Waals surface area contributed by atoms with Crippen molar-refractivity contribution in [2.24, 2.45) is 0 Å². The molecule has 0 atom stereocenters. The van der Waals surface area contributed by atoms with Gasteiger partial charge in [-0.2, -0.15) is 4.68 Å². The van der Waals surface area contributed by atoms with Gasteiger partial charge in [-0.3, -0.25) is 4.57 Å². The third-order valence-electron chi connectivity index (χ3n) is 8.99. The fraction of sp³-hybridized carbons (Fsp3) is 0.0976. The van der Waals surface area contributed by atoms with Crippen LogP contribution in [0.3, 0.4) is 0 Å². The van der Waals surface area contributed by atoms with Crippen molar-refractivity contribution in [2.45, 2.75) is 26.2 Å². The highest BCUT2D eigenvalue weighted by atomic mass is 16.5. The molecule has 0 unspecified atom stereocenters. The molecule has 4 aromatic heterocycles. The summed E-state index contributed by atoms with van der Waals surface area (Å²) in [6.45, 7) is 6.68. The lowest BCUT2D eigenvalue weighted by Crippen LogP contribution is -2.21. The largest absolute Gasteiger partial charge is 0.458 e. The summed E-state index contributed by atoms with van der Waals surface area (Å²) in [5.74, 6) is 2.35. The molecule has 9 aromatic rings. The average molecular weight is 610 g/mol. The molecule has 0 amide bonds. The van der Waals surface area contributed by atoms with Gasteiger partial charge < -0.3 is 9.14 Å². The summed E-state index contributed by atoms with van der Waals surface area (Å²) in [5, 5.41) is 10.8. The molecule has 9 rings (SSSR count). The molecule has 0 spiro atoms. The zero-order valence-electron chi connectivity index (χ0n) is 26.3. The monoisotopic (exact) mass is 609 g/mol. The van der Waals surface area contributed by atoms with Gasteiger partial charge >= 0.3 is 0 Å². The van der Waals surface area contributed by atoms with Gasteiger partial charge in [0.05, 0.1) is 16.7 Å². The van der Waals surface area contributed by atoms with Crippen LogP contribution < -0.4 is 9.14 Å². The van der Waals surface area contributed by atoms with Gasteiger partial charge in [-0.1, -0.05) is 99.6 Å². The Kier molecular flexibility index (Phi) is 5.96. The summed E-state index contributed by atoms with van der Waals surface area (Å²) >= 11 is 0. The summed E-state index contributed by atoms with van der Waals surface area (Å²) < 4.78 is 12.6. The van der Waals surface area contributed by atoms with E-state index < -0.39 is 0 Å². The minimum atomic E-state index is 0.00624. The number of pyridine rings is 2. The van der Waals surface area contributed by atoms with Crippen molar-refractivity contribution >= 4 is 49.1 Å². The van der Waals surface area contributed by atoms with Gasteiger partial charge in [-0.15, -0.1) is 0 Å². The van der Waals surface area contributed by atoms with E-state index in [0.717, 1.165) is 50.2 Å². The predicted molar refractivity (Wildman–Crippen MR) is 188 cm³/mol. The zero-order valence-corrected chi connectivity index (χ0v) is 26.3. The maximum absolute atomic E-state index is 6.53. The minimum absolute atomic E-state index is 0.00624. The Morgan fingerprint density at radius 1 is 0.638 bits per heavy atom. The Hall–Kier alpha value is -6.01. The van der Waals surface area contributed by atoms with Crippen LogP contribution in [0.5, 0.6) is 11.5 Å². The van der Waals surface area contributed by atoms with Crippen molar-refractivity contribution in [3.63, 3.8) is 0 Å². The van der Waals surface area contributed by atoms with E-state index in [1.54, 1.807) is 4.68 Å². The van der Waals surface area contributed by atoms with Crippen LogP contribution in [0.4, 0.5) is 0 Å². The third kappa shape index (κ3) is 4.44. The molecular formula is C41H31N5O. The number of para-hydroxylation sites is 2. The first-order chi connectivity index (χ1) is 22.9. The molecule has 0 aliphatic rings. The van der Waals surface area contributed by atoms with E-state index in [0.29, 0.717) is 5.75 Å². The van der Waals surface area contributed by atoms with Gasteiger partial charge in [-0.25, -0.2) is 4.98 Å². The smallest absolute Gasteiger partial charge is 0.232 e. The first kappa shape index (κ1) is 27.3. The molecule has 0 aliphatic carbocycles. The Bertz CT molecular complexity index is 2590. The number of hydrogen-bond acceptors (Lipinski definition) is 3. The molecule has 5 aromatic carbocycles. The highest BCUT2D eigenvalue weighted by molar-refractivity contribution is 6.10. The van der Waals surface area contributed by atoms with Crippen LogP contribution >= 0.6 is 0 Å². The third-order valence-corrected chi connectivity index (χ3v) is 8.99. The highest BCUT2D eigenvalue weighted by Gasteiger charge is 2.19. The minimum Gasteiger partial charge on any atom is -0.458 e. The van der Waals surface area contributed by atoms with E-state index in [1.165, 1.54) is 21.7 Å². The van der Waals surface area contributed by atoms with Gasteiger partial charge in [0.15, 0.2) is 0 Å². The van der Waals surface area contributed by atoms with Crippen LogP contribution in [-0.2, 0) is 5.41 Å². The Labute approximate surface area is 271 Å². The quantitative estimate of drug-likeness (QED) is 0.114. The predicted octanol–water partition coefficient (Wildman–Crippen LogP) is 9.30. The molecule has 0 saturated carbocycles. The van der Waals surface area contributed by atoms with Crippen molar-refractivity contribution in [3.8, 4) is 23.0 Å².